The van der Waals surface area contributed by atoms with E-state index in [1.165, 1.54) is 15.5 Å². The van der Waals surface area contributed by atoms with Crippen molar-refractivity contribution in [2.45, 2.75) is 26.2 Å². The van der Waals surface area contributed by atoms with Gasteiger partial charge in [-0.05, 0) is 43.4 Å². The number of carbonyl (C=O) groups is 1. The number of hydroxylamine groups is 2. The molecule has 0 bridgehead atoms. The van der Waals surface area contributed by atoms with E-state index in [2.05, 4.69) is 38.8 Å². The number of ether oxygens (including phenoxy) is 1. The van der Waals surface area contributed by atoms with Gasteiger partial charge in [-0.3, -0.25) is 9.63 Å². The van der Waals surface area contributed by atoms with E-state index in [0.29, 0.717) is 13.0 Å². The van der Waals surface area contributed by atoms with Gasteiger partial charge in [-0.1, -0.05) is 12.2 Å². The SMILES string of the molecule is CCN(OC)C(=O)C1CCc2c(sc3ncnc(Nc4cc5c(cc4OC)NCC=C5)c23)C1. The van der Waals surface area contributed by atoms with E-state index in [1.807, 2.05) is 13.0 Å². The van der Waals surface area contributed by atoms with Crippen LogP contribution in [0.2, 0.25) is 0 Å². The number of benzene rings is 1. The molecular weight excluding hydrogens is 438 g/mol. The van der Waals surface area contributed by atoms with Crippen molar-refractivity contribution >= 4 is 50.7 Å². The molecule has 0 radical (unpaired) electrons. The predicted molar refractivity (Wildman–Crippen MR) is 131 cm³/mol. The van der Waals surface area contributed by atoms with Crippen molar-refractivity contribution in [2.75, 3.05) is 37.9 Å². The summed E-state index contributed by atoms with van der Waals surface area (Å²) in [5, 5.41) is 9.35. The van der Waals surface area contributed by atoms with Gasteiger partial charge in [0.2, 0.25) is 5.91 Å². The first-order chi connectivity index (χ1) is 16.1. The molecule has 33 heavy (non-hydrogen) atoms. The molecule has 5 rings (SSSR count). The smallest absolute Gasteiger partial charge is 0.249 e. The van der Waals surface area contributed by atoms with Crippen molar-refractivity contribution < 1.29 is 14.4 Å². The average molecular weight is 466 g/mol. The number of anilines is 3. The summed E-state index contributed by atoms with van der Waals surface area (Å²) < 4.78 is 5.65. The highest BCUT2D eigenvalue weighted by molar-refractivity contribution is 7.19. The van der Waals surface area contributed by atoms with Gasteiger partial charge in [0.05, 0.1) is 25.3 Å². The normalized spacial score (nSPS) is 16.6. The molecule has 0 saturated carbocycles. The minimum Gasteiger partial charge on any atom is -0.494 e. The van der Waals surface area contributed by atoms with Gasteiger partial charge < -0.3 is 15.4 Å². The number of hydrogen-bond acceptors (Lipinski definition) is 8. The third-order valence-electron chi connectivity index (χ3n) is 6.28. The molecule has 1 aliphatic carbocycles. The minimum atomic E-state index is -0.0742. The van der Waals surface area contributed by atoms with Gasteiger partial charge >= 0.3 is 0 Å². The molecule has 1 aromatic carbocycles. The summed E-state index contributed by atoms with van der Waals surface area (Å²) >= 11 is 1.65. The zero-order valence-electron chi connectivity index (χ0n) is 19.0. The molecule has 1 atom stereocenters. The number of amides is 1. The second kappa shape index (κ2) is 8.99. The van der Waals surface area contributed by atoms with Gasteiger partial charge in [-0.25, -0.2) is 15.0 Å². The highest BCUT2D eigenvalue weighted by atomic mass is 32.1. The number of aromatic nitrogens is 2. The van der Waals surface area contributed by atoms with Crippen LogP contribution >= 0.6 is 11.3 Å². The van der Waals surface area contributed by atoms with Crippen LogP contribution in [-0.4, -0.2) is 48.2 Å². The van der Waals surface area contributed by atoms with E-state index in [9.17, 15) is 4.79 Å². The molecule has 0 saturated heterocycles. The number of nitrogens with zero attached hydrogens (tertiary/aromatic N) is 3. The predicted octanol–water partition coefficient (Wildman–Crippen LogP) is 4.40. The van der Waals surface area contributed by atoms with E-state index in [-0.39, 0.29) is 11.8 Å². The zero-order chi connectivity index (χ0) is 22.9. The molecule has 2 aromatic heterocycles. The van der Waals surface area contributed by atoms with Gasteiger partial charge in [0.15, 0.2) is 0 Å². The molecule has 9 heteroatoms. The summed E-state index contributed by atoms with van der Waals surface area (Å²) in [5.74, 6) is 1.49. The Balaban J connectivity index is 1.49. The Morgan fingerprint density at radius 1 is 1.33 bits per heavy atom. The standard InChI is InChI=1S/C24H27N5O3S/c1-4-29(32-3)24(30)15-7-8-16-20(11-15)33-23-21(16)22(26-13-27-23)28-18-10-14-6-5-9-25-17(14)12-19(18)31-2/h5-6,10,12-13,15,25H,4,7-9,11H2,1-3H3,(H,26,27,28). The number of rotatable bonds is 6. The van der Waals surface area contributed by atoms with Crippen molar-refractivity contribution in [3.8, 4) is 5.75 Å². The number of thiophene rings is 1. The number of aryl methyl sites for hydroxylation is 1. The van der Waals surface area contributed by atoms with E-state index < -0.39 is 0 Å². The Labute approximate surface area is 196 Å². The van der Waals surface area contributed by atoms with Crippen LogP contribution in [-0.2, 0) is 22.5 Å². The van der Waals surface area contributed by atoms with Crippen LogP contribution in [0.15, 0.2) is 24.5 Å². The van der Waals surface area contributed by atoms with E-state index in [4.69, 9.17) is 9.57 Å². The van der Waals surface area contributed by atoms with Gasteiger partial charge in [0.1, 0.15) is 22.7 Å². The zero-order valence-corrected chi connectivity index (χ0v) is 19.8. The number of nitrogens with one attached hydrogen (secondary N) is 2. The summed E-state index contributed by atoms with van der Waals surface area (Å²) in [4.78, 5) is 29.3. The lowest BCUT2D eigenvalue weighted by Crippen LogP contribution is -2.37. The van der Waals surface area contributed by atoms with Crippen molar-refractivity contribution in [3.05, 3.63) is 40.5 Å². The second-order valence-corrected chi connectivity index (χ2v) is 9.19. The Morgan fingerprint density at radius 2 is 2.21 bits per heavy atom. The number of methoxy groups -OCH3 is 1. The lowest BCUT2D eigenvalue weighted by atomic mass is 9.87. The van der Waals surface area contributed by atoms with Crippen LogP contribution in [0.1, 0.15) is 29.3 Å². The fourth-order valence-electron chi connectivity index (χ4n) is 4.63. The van der Waals surface area contributed by atoms with Crippen LogP contribution in [0.3, 0.4) is 0 Å². The van der Waals surface area contributed by atoms with Gasteiger partial charge in [-0.2, -0.15) is 0 Å². The van der Waals surface area contributed by atoms with Crippen LogP contribution in [0, 0.1) is 5.92 Å². The molecule has 8 nitrogen and oxygen atoms in total. The molecule has 3 heterocycles. The molecule has 3 aromatic rings. The first-order valence-electron chi connectivity index (χ1n) is 11.1. The Kier molecular flexibility index (Phi) is 5.90. The van der Waals surface area contributed by atoms with Crippen LogP contribution in [0.4, 0.5) is 17.2 Å². The van der Waals surface area contributed by atoms with Crippen molar-refractivity contribution in [3.63, 3.8) is 0 Å². The number of fused-ring (bicyclic) bond motifs is 4. The van der Waals surface area contributed by atoms with Crippen molar-refractivity contribution in [2.24, 2.45) is 5.92 Å². The Hall–Kier alpha value is -3.17. The van der Waals surface area contributed by atoms with Crippen molar-refractivity contribution in [1.82, 2.24) is 15.0 Å². The molecular formula is C24H27N5O3S. The molecule has 0 spiro atoms. The summed E-state index contributed by atoms with van der Waals surface area (Å²) in [7, 11) is 3.22. The molecule has 1 aliphatic heterocycles. The van der Waals surface area contributed by atoms with Gasteiger partial charge in [0.25, 0.3) is 0 Å². The third kappa shape index (κ3) is 3.91. The third-order valence-corrected chi connectivity index (χ3v) is 7.44. The highest BCUT2D eigenvalue weighted by Crippen LogP contribution is 2.42. The molecule has 1 amide bonds. The maximum absolute atomic E-state index is 12.8. The molecule has 1 unspecified atom stereocenters. The average Bonchev–Trinajstić information content (AvgIpc) is 3.23. The summed E-state index contributed by atoms with van der Waals surface area (Å²) in [5.41, 5.74) is 4.24. The first-order valence-corrected chi connectivity index (χ1v) is 11.9. The fraction of sp³-hybridized carbons (Fsp3) is 0.375. The monoisotopic (exact) mass is 465 g/mol. The summed E-state index contributed by atoms with van der Waals surface area (Å²) in [6.45, 7) is 3.27. The molecule has 172 valence electrons. The van der Waals surface area contributed by atoms with Crippen LogP contribution in [0.25, 0.3) is 16.3 Å². The van der Waals surface area contributed by atoms with Crippen LogP contribution < -0.4 is 15.4 Å². The largest absolute Gasteiger partial charge is 0.494 e. The van der Waals surface area contributed by atoms with Crippen molar-refractivity contribution in [1.29, 1.82) is 0 Å². The van der Waals surface area contributed by atoms with Crippen LogP contribution in [0.5, 0.6) is 5.75 Å². The quantitative estimate of drug-likeness (QED) is 0.522. The molecule has 2 N–H and O–H groups in total. The summed E-state index contributed by atoms with van der Waals surface area (Å²) in [6, 6.07) is 4.08. The Bertz CT molecular complexity index is 1230. The number of carbonyl (C=O) groups excluding carboxylic acids is 1. The fourth-order valence-corrected chi connectivity index (χ4v) is 5.90. The summed E-state index contributed by atoms with van der Waals surface area (Å²) in [6.07, 6.45) is 8.08. The first kappa shape index (κ1) is 21.7. The lowest BCUT2D eigenvalue weighted by Gasteiger charge is -2.26. The topological polar surface area (TPSA) is 88.6 Å². The molecule has 0 fully saturated rings. The number of hydrogen-bond donors (Lipinski definition) is 2. The van der Waals surface area contributed by atoms with E-state index in [0.717, 1.165) is 58.1 Å². The molecule has 2 aliphatic rings. The van der Waals surface area contributed by atoms with E-state index >= 15 is 0 Å². The Morgan fingerprint density at radius 3 is 3.00 bits per heavy atom. The van der Waals surface area contributed by atoms with E-state index in [1.54, 1.807) is 31.9 Å². The maximum atomic E-state index is 12.8. The maximum Gasteiger partial charge on any atom is 0.249 e. The minimum absolute atomic E-state index is 0.0491. The van der Waals surface area contributed by atoms with Gasteiger partial charge in [0, 0.05) is 35.6 Å². The second-order valence-electron chi connectivity index (χ2n) is 8.11. The van der Waals surface area contributed by atoms with Gasteiger partial charge in [-0.15, -0.1) is 11.3 Å². The lowest BCUT2D eigenvalue weighted by molar-refractivity contribution is -0.179. The highest BCUT2D eigenvalue weighted by Gasteiger charge is 2.31.